The van der Waals surface area contributed by atoms with E-state index in [1.807, 2.05) is 0 Å². The molecule has 0 aromatic carbocycles. The largest absolute Gasteiger partial charge is 0.369 e. The normalized spacial score (nSPS) is 19.3. The van der Waals surface area contributed by atoms with Gasteiger partial charge < -0.3 is 9.72 Å². The number of aryl methyl sites for hydroxylation is 1. The Morgan fingerprint density at radius 2 is 2.36 bits per heavy atom. The molecule has 0 bridgehead atoms. The van der Waals surface area contributed by atoms with Gasteiger partial charge in [-0.1, -0.05) is 0 Å². The summed E-state index contributed by atoms with van der Waals surface area (Å²) in [5.41, 5.74) is 1.26. The number of morpholine rings is 1. The first kappa shape index (κ1) is 14.8. The lowest BCUT2D eigenvalue weighted by atomic mass is 10.2. The SMILES string of the molecule is Cc1nc([C@H]2CN(Cc3ccc(F)cn3)CCO2)cc(=O)[nH]1. The number of aromatic nitrogens is 3. The van der Waals surface area contributed by atoms with Crippen LogP contribution in [0.3, 0.4) is 0 Å². The van der Waals surface area contributed by atoms with Crippen molar-refractivity contribution in [3.63, 3.8) is 0 Å². The second kappa shape index (κ2) is 6.33. The molecule has 7 heteroatoms. The number of H-pyrrole nitrogens is 1. The first-order valence-corrected chi connectivity index (χ1v) is 7.12. The van der Waals surface area contributed by atoms with E-state index in [0.29, 0.717) is 31.2 Å². The third kappa shape index (κ3) is 3.55. The van der Waals surface area contributed by atoms with E-state index in [2.05, 4.69) is 19.9 Å². The molecule has 1 aliphatic heterocycles. The van der Waals surface area contributed by atoms with Gasteiger partial charge in [0.15, 0.2) is 0 Å². The smallest absolute Gasteiger partial charge is 0.251 e. The van der Waals surface area contributed by atoms with E-state index >= 15 is 0 Å². The van der Waals surface area contributed by atoms with Gasteiger partial charge in [-0.2, -0.15) is 0 Å². The molecule has 1 saturated heterocycles. The van der Waals surface area contributed by atoms with Gasteiger partial charge in [0.05, 0.1) is 24.2 Å². The highest BCUT2D eigenvalue weighted by molar-refractivity contribution is 5.09. The van der Waals surface area contributed by atoms with Gasteiger partial charge in [0.1, 0.15) is 17.7 Å². The molecule has 3 rings (SSSR count). The molecule has 0 amide bonds. The highest BCUT2D eigenvalue weighted by Crippen LogP contribution is 2.20. The number of rotatable bonds is 3. The highest BCUT2D eigenvalue weighted by Gasteiger charge is 2.24. The van der Waals surface area contributed by atoms with E-state index in [1.165, 1.54) is 18.3 Å². The summed E-state index contributed by atoms with van der Waals surface area (Å²) in [5, 5.41) is 0. The van der Waals surface area contributed by atoms with Gasteiger partial charge in [0.2, 0.25) is 0 Å². The van der Waals surface area contributed by atoms with Crippen LogP contribution in [-0.2, 0) is 11.3 Å². The van der Waals surface area contributed by atoms with E-state index in [-0.39, 0.29) is 17.5 Å². The summed E-state index contributed by atoms with van der Waals surface area (Å²) >= 11 is 0. The maximum Gasteiger partial charge on any atom is 0.251 e. The molecule has 2 aromatic heterocycles. The van der Waals surface area contributed by atoms with Crippen molar-refractivity contribution in [1.29, 1.82) is 0 Å². The number of pyridine rings is 1. The van der Waals surface area contributed by atoms with Crippen LogP contribution in [0.2, 0.25) is 0 Å². The Morgan fingerprint density at radius 3 is 3.09 bits per heavy atom. The van der Waals surface area contributed by atoms with Crippen molar-refractivity contribution in [2.75, 3.05) is 19.7 Å². The van der Waals surface area contributed by atoms with Crippen molar-refractivity contribution in [3.05, 3.63) is 57.8 Å². The molecule has 1 atom stereocenters. The molecule has 22 heavy (non-hydrogen) atoms. The lowest BCUT2D eigenvalue weighted by molar-refractivity contribution is -0.0355. The molecule has 0 unspecified atom stereocenters. The fraction of sp³-hybridized carbons (Fsp3) is 0.400. The molecular formula is C15H17FN4O2. The molecule has 0 saturated carbocycles. The first-order valence-electron chi connectivity index (χ1n) is 7.12. The monoisotopic (exact) mass is 304 g/mol. The Labute approximate surface area is 127 Å². The van der Waals surface area contributed by atoms with Crippen LogP contribution in [0, 0.1) is 12.7 Å². The first-order chi connectivity index (χ1) is 10.6. The Hall–Kier alpha value is -2.12. The molecule has 0 spiro atoms. The van der Waals surface area contributed by atoms with E-state index in [0.717, 1.165) is 12.2 Å². The van der Waals surface area contributed by atoms with Gasteiger partial charge in [-0.3, -0.25) is 14.7 Å². The molecule has 2 aromatic rings. The summed E-state index contributed by atoms with van der Waals surface area (Å²) in [6.07, 6.45) is 0.977. The van der Waals surface area contributed by atoms with Crippen molar-refractivity contribution in [1.82, 2.24) is 19.9 Å². The van der Waals surface area contributed by atoms with Crippen LogP contribution in [0.4, 0.5) is 4.39 Å². The van der Waals surface area contributed by atoms with Crippen LogP contribution in [0.15, 0.2) is 29.2 Å². The molecule has 1 fully saturated rings. The van der Waals surface area contributed by atoms with Crippen molar-refractivity contribution >= 4 is 0 Å². The molecular weight excluding hydrogens is 287 g/mol. The maximum atomic E-state index is 12.9. The van der Waals surface area contributed by atoms with Crippen LogP contribution >= 0.6 is 0 Å². The summed E-state index contributed by atoms with van der Waals surface area (Å²) in [6, 6.07) is 4.55. The Morgan fingerprint density at radius 1 is 1.50 bits per heavy atom. The minimum absolute atomic E-state index is 0.177. The molecule has 1 aliphatic rings. The summed E-state index contributed by atoms with van der Waals surface area (Å²) in [4.78, 5) is 24.7. The third-order valence-electron chi connectivity index (χ3n) is 3.53. The van der Waals surface area contributed by atoms with Crippen LogP contribution in [0.1, 0.15) is 23.3 Å². The molecule has 6 nitrogen and oxygen atoms in total. The van der Waals surface area contributed by atoms with E-state index in [1.54, 1.807) is 13.0 Å². The third-order valence-corrected chi connectivity index (χ3v) is 3.53. The molecule has 3 heterocycles. The number of aromatic amines is 1. The molecule has 1 N–H and O–H groups in total. The predicted octanol–water partition coefficient (Wildman–Crippen LogP) is 1.19. The summed E-state index contributed by atoms with van der Waals surface area (Å²) in [7, 11) is 0. The van der Waals surface area contributed by atoms with E-state index < -0.39 is 0 Å². The zero-order valence-corrected chi connectivity index (χ0v) is 12.3. The molecule has 0 radical (unpaired) electrons. The second-order valence-electron chi connectivity index (χ2n) is 5.32. The Bertz CT molecular complexity index is 701. The van der Waals surface area contributed by atoms with Crippen molar-refractivity contribution < 1.29 is 9.13 Å². The maximum absolute atomic E-state index is 12.9. The zero-order chi connectivity index (χ0) is 15.5. The van der Waals surface area contributed by atoms with Crippen LogP contribution in [0.25, 0.3) is 0 Å². The number of ether oxygens (including phenoxy) is 1. The summed E-state index contributed by atoms with van der Waals surface area (Å²) in [5.74, 6) is 0.232. The minimum Gasteiger partial charge on any atom is -0.369 e. The second-order valence-corrected chi connectivity index (χ2v) is 5.32. The highest BCUT2D eigenvalue weighted by atomic mass is 19.1. The van der Waals surface area contributed by atoms with Crippen LogP contribution < -0.4 is 5.56 Å². The van der Waals surface area contributed by atoms with Crippen molar-refractivity contribution in [3.8, 4) is 0 Å². The standard InChI is InChI=1S/C15H17FN4O2/c1-10-18-13(6-15(21)19-10)14-9-20(4-5-22-14)8-12-3-2-11(16)7-17-12/h2-3,6-7,14H,4-5,8-9H2,1H3,(H,18,19,21)/t14-/m1/s1. The number of nitrogens with zero attached hydrogens (tertiary/aromatic N) is 3. The molecule has 116 valence electrons. The lowest BCUT2D eigenvalue weighted by Gasteiger charge is -2.32. The van der Waals surface area contributed by atoms with Crippen LogP contribution in [-0.4, -0.2) is 39.5 Å². The summed E-state index contributed by atoms with van der Waals surface area (Å²) < 4.78 is 18.6. The summed E-state index contributed by atoms with van der Waals surface area (Å²) in [6.45, 7) is 4.29. The van der Waals surface area contributed by atoms with Gasteiger partial charge in [0, 0.05) is 25.7 Å². The Kier molecular flexibility index (Phi) is 4.26. The number of hydrogen-bond donors (Lipinski definition) is 1. The van der Waals surface area contributed by atoms with E-state index in [4.69, 9.17) is 4.74 Å². The van der Waals surface area contributed by atoms with Gasteiger partial charge in [-0.25, -0.2) is 9.37 Å². The average molecular weight is 304 g/mol. The van der Waals surface area contributed by atoms with E-state index in [9.17, 15) is 9.18 Å². The lowest BCUT2D eigenvalue weighted by Crippen LogP contribution is -2.38. The molecule has 0 aliphatic carbocycles. The van der Waals surface area contributed by atoms with Gasteiger partial charge in [0.25, 0.3) is 5.56 Å². The topological polar surface area (TPSA) is 71.1 Å². The van der Waals surface area contributed by atoms with Gasteiger partial charge in [-0.05, 0) is 19.1 Å². The fourth-order valence-electron chi connectivity index (χ4n) is 2.52. The quantitative estimate of drug-likeness (QED) is 0.922. The number of hydrogen-bond acceptors (Lipinski definition) is 5. The van der Waals surface area contributed by atoms with Crippen LogP contribution in [0.5, 0.6) is 0 Å². The van der Waals surface area contributed by atoms with Crippen molar-refractivity contribution in [2.24, 2.45) is 0 Å². The predicted molar refractivity (Wildman–Crippen MR) is 77.8 cm³/mol. The fourth-order valence-corrected chi connectivity index (χ4v) is 2.52. The minimum atomic E-state index is -0.341. The van der Waals surface area contributed by atoms with Gasteiger partial charge >= 0.3 is 0 Å². The zero-order valence-electron chi connectivity index (χ0n) is 12.3. The average Bonchev–Trinajstić information content (AvgIpc) is 2.49. The van der Waals surface area contributed by atoms with Crippen molar-refractivity contribution in [2.45, 2.75) is 19.6 Å². The number of halogens is 1. The number of nitrogens with one attached hydrogen (secondary N) is 1. The Balaban J connectivity index is 1.71. The van der Waals surface area contributed by atoms with Gasteiger partial charge in [-0.15, -0.1) is 0 Å².